The minimum absolute atomic E-state index is 0.0663. The number of nitrogens with zero attached hydrogens (tertiary/aromatic N) is 1. The molecule has 0 aliphatic carbocycles. The molecule has 4 nitrogen and oxygen atoms in total. The molecule has 1 aliphatic rings. The predicted molar refractivity (Wildman–Crippen MR) is 64.2 cm³/mol. The largest absolute Gasteiger partial charge is 0.394 e. The number of aliphatic hydroxyl groups excluding tert-OH is 1. The van der Waals surface area contributed by atoms with Crippen LogP contribution in [-0.4, -0.2) is 47.7 Å². The summed E-state index contributed by atoms with van der Waals surface area (Å²) in [6, 6.07) is 0. The summed E-state index contributed by atoms with van der Waals surface area (Å²) in [4.78, 5) is 13.8. The zero-order valence-corrected chi connectivity index (χ0v) is 10.5. The van der Waals surface area contributed by atoms with Crippen LogP contribution in [0.2, 0.25) is 0 Å². The van der Waals surface area contributed by atoms with Crippen molar-refractivity contribution in [2.75, 3.05) is 26.2 Å². The molecule has 0 spiro atoms. The summed E-state index contributed by atoms with van der Waals surface area (Å²) >= 11 is 0. The fourth-order valence-corrected chi connectivity index (χ4v) is 1.84. The van der Waals surface area contributed by atoms with Crippen LogP contribution in [0.3, 0.4) is 0 Å². The third kappa shape index (κ3) is 3.76. The smallest absolute Gasteiger partial charge is 0.236 e. The van der Waals surface area contributed by atoms with Crippen molar-refractivity contribution in [3.63, 3.8) is 0 Å². The molecular weight excluding hydrogens is 204 g/mol. The van der Waals surface area contributed by atoms with Crippen molar-refractivity contribution in [3.8, 4) is 0 Å². The fraction of sp³-hybridized carbons (Fsp3) is 0.917. The van der Waals surface area contributed by atoms with Crippen LogP contribution in [0.4, 0.5) is 0 Å². The molecule has 1 aliphatic heterocycles. The van der Waals surface area contributed by atoms with Crippen LogP contribution in [0.25, 0.3) is 0 Å². The summed E-state index contributed by atoms with van der Waals surface area (Å²) in [7, 11) is 0. The monoisotopic (exact) mass is 228 g/mol. The van der Waals surface area contributed by atoms with E-state index in [0.29, 0.717) is 6.54 Å². The molecule has 2 N–H and O–H groups in total. The summed E-state index contributed by atoms with van der Waals surface area (Å²) in [5, 5.41) is 12.4. The Morgan fingerprint density at radius 1 is 1.38 bits per heavy atom. The van der Waals surface area contributed by atoms with E-state index < -0.39 is 0 Å². The van der Waals surface area contributed by atoms with Gasteiger partial charge >= 0.3 is 0 Å². The Bertz CT molecular complexity index is 221. The van der Waals surface area contributed by atoms with Gasteiger partial charge < -0.3 is 15.3 Å². The molecule has 0 radical (unpaired) electrons. The Morgan fingerprint density at radius 3 is 2.50 bits per heavy atom. The molecule has 1 amide bonds. The van der Waals surface area contributed by atoms with Gasteiger partial charge in [-0.15, -0.1) is 0 Å². The Morgan fingerprint density at radius 2 is 2.00 bits per heavy atom. The molecule has 0 aromatic heterocycles. The summed E-state index contributed by atoms with van der Waals surface area (Å²) < 4.78 is 0. The van der Waals surface area contributed by atoms with E-state index in [4.69, 9.17) is 0 Å². The minimum Gasteiger partial charge on any atom is -0.394 e. The second kappa shape index (κ2) is 6.21. The summed E-state index contributed by atoms with van der Waals surface area (Å²) in [5.41, 5.74) is -0.328. The number of carbonyl (C=O) groups excluding carboxylic acids is 1. The first-order valence-corrected chi connectivity index (χ1v) is 6.25. The van der Waals surface area contributed by atoms with Crippen LogP contribution in [0.15, 0.2) is 0 Å². The molecule has 94 valence electrons. The molecule has 1 heterocycles. The molecule has 1 fully saturated rings. The first-order valence-electron chi connectivity index (χ1n) is 6.25. The number of aliphatic hydroxyl groups is 1. The first-order chi connectivity index (χ1) is 7.61. The van der Waals surface area contributed by atoms with Crippen molar-refractivity contribution in [1.82, 2.24) is 10.2 Å². The van der Waals surface area contributed by atoms with Crippen molar-refractivity contribution in [2.24, 2.45) is 0 Å². The Labute approximate surface area is 98.0 Å². The van der Waals surface area contributed by atoms with Crippen LogP contribution in [-0.2, 0) is 4.79 Å². The fourth-order valence-electron chi connectivity index (χ4n) is 1.84. The molecule has 0 saturated carbocycles. The van der Waals surface area contributed by atoms with Gasteiger partial charge in [-0.3, -0.25) is 4.79 Å². The third-order valence-electron chi connectivity index (χ3n) is 3.50. The maximum absolute atomic E-state index is 11.9. The Balaban J connectivity index is 2.33. The normalized spacial score (nSPS) is 20.6. The number of likely N-dealkylation sites (tertiary alicyclic amines) is 1. The molecule has 0 aromatic rings. The van der Waals surface area contributed by atoms with Gasteiger partial charge in [0.2, 0.25) is 5.91 Å². The van der Waals surface area contributed by atoms with Crippen LogP contribution in [0, 0.1) is 0 Å². The molecule has 16 heavy (non-hydrogen) atoms. The van der Waals surface area contributed by atoms with Crippen molar-refractivity contribution < 1.29 is 9.90 Å². The number of piperidine rings is 1. The highest BCUT2D eigenvalue weighted by Gasteiger charge is 2.23. The van der Waals surface area contributed by atoms with Gasteiger partial charge in [-0.2, -0.15) is 0 Å². The van der Waals surface area contributed by atoms with E-state index in [1.807, 2.05) is 18.7 Å². The van der Waals surface area contributed by atoms with Gasteiger partial charge in [0, 0.05) is 18.6 Å². The van der Waals surface area contributed by atoms with Gasteiger partial charge in [0.25, 0.3) is 0 Å². The number of hydrogen-bond acceptors (Lipinski definition) is 3. The molecule has 1 unspecified atom stereocenters. The van der Waals surface area contributed by atoms with Crippen LogP contribution in [0.5, 0.6) is 0 Å². The minimum atomic E-state index is -0.328. The third-order valence-corrected chi connectivity index (χ3v) is 3.50. The lowest BCUT2D eigenvalue weighted by molar-refractivity contribution is -0.131. The highest BCUT2D eigenvalue weighted by Crippen LogP contribution is 2.10. The second-order valence-corrected chi connectivity index (χ2v) is 4.87. The van der Waals surface area contributed by atoms with E-state index in [1.54, 1.807) is 0 Å². The van der Waals surface area contributed by atoms with E-state index in [2.05, 4.69) is 5.32 Å². The standard InChI is InChI=1S/C12H24N2O2/c1-3-12(2,10-15)13-9-11(16)14-7-5-4-6-8-14/h13,15H,3-10H2,1-2H3. The van der Waals surface area contributed by atoms with E-state index in [9.17, 15) is 9.90 Å². The van der Waals surface area contributed by atoms with E-state index in [-0.39, 0.29) is 18.1 Å². The zero-order valence-electron chi connectivity index (χ0n) is 10.5. The van der Waals surface area contributed by atoms with Gasteiger partial charge in [-0.1, -0.05) is 6.92 Å². The average molecular weight is 228 g/mol. The van der Waals surface area contributed by atoms with Crippen LogP contribution < -0.4 is 5.32 Å². The second-order valence-electron chi connectivity index (χ2n) is 4.87. The SMILES string of the molecule is CCC(C)(CO)NCC(=O)N1CCCCC1. The topological polar surface area (TPSA) is 52.6 Å². The molecule has 1 saturated heterocycles. The average Bonchev–Trinajstić information content (AvgIpc) is 2.36. The van der Waals surface area contributed by atoms with Crippen molar-refractivity contribution in [1.29, 1.82) is 0 Å². The maximum Gasteiger partial charge on any atom is 0.236 e. The van der Waals surface area contributed by atoms with Crippen LogP contribution >= 0.6 is 0 Å². The number of amides is 1. The van der Waals surface area contributed by atoms with Gasteiger partial charge in [-0.25, -0.2) is 0 Å². The number of nitrogens with one attached hydrogen (secondary N) is 1. The Kier molecular flexibility index (Phi) is 5.22. The first kappa shape index (κ1) is 13.5. The molecule has 4 heteroatoms. The van der Waals surface area contributed by atoms with E-state index in [1.165, 1.54) is 6.42 Å². The highest BCUT2D eigenvalue weighted by molar-refractivity contribution is 5.78. The lowest BCUT2D eigenvalue weighted by Crippen LogP contribution is -2.50. The Hall–Kier alpha value is -0.610. The number of hydrogen-bond donors (Lipinski definition) is 2. The summed E-state index contributed by atoms with van der Waals surface area (Å²) in [6.07, 6.45) is 4.30. The van der Waals surface area contributed by atoms with Gasteiger partial charge in [-0.05, 0) is 32.6 Å². The van der Waals surface area contributed by atoms with E-state index in [0.717, 1.165) is 32.4 Å². The zero-order chi connectivity index (χ0) is 12.0. The van der Waals surface area contributed by atoms with Gasteiger partial charge in [0.1, 0.15) is 0 Å². The highest BCUT2D eigenvalue weighted by atomic mass is 16.3. The molecule has 1 atom stereocenters. The molecule has 1 rings (SSSR count). The van der Waals surface area contributed by atoms with Gasteiger partial charge in [0.15, 0.2) is 0 Å². The quantitative estimate of drug-likeness (QED) is 0.730. The predicted octanol–water partition coefficient (Wildman–Crippen LogP) is 0.749. The lowest BCUT2D eigenvalue weighted by atomic mass is 10.0. The number of carbonyl (C=O) groups is 1. The van der Waals surface area contributed by atoms with Crippen LogP contribution in [0.1, 0.15) is 39.5 Å². The summed E-state index contributed by atoms with van der Waals surface area (Å²) in [5.74, 6) is 0.160. The molecule has 0 bridgehead atoms. The van der Waals surface area contributed by atoms with E-state index >= 15 is 0 Å². The number of rotatable bonds is 5. The lowest BCUT2D eigenvalue weighted by Gasteiger charge is -2.31. The molecule has 0 aromatic carbocycles. The molecular formula is C12H24N2O2. The summed E-state index contributed by atoms with van der Waals surface area (Å²) in [6.45, 7) is 6.14. The van der Waals surface area contributed by atoms with Crippen molar-refractivity contribution in [3.05, 3.63) is 0 Å². The van der Waals surface area contributed by atoms with Gasteiger partial charge in [0.05, 0.1) is 13.2 Å². The van der Waals surface area contributed by atoms with Crippen molar-refractivity contribution >= 4 is 5.91 Å². The van der Waals surface area contributed by atoms with Crippen molar-refractivity contribution in [2.45, 2.75) is 45.1 Å². The maximum atomic E-state index is 11.9.